The summed E-state index contributed by atoms with van der Waals surface area (Å²) in [5.41, 5.74) is 0. The number of nitrogens with one attached hydrogen (secondary N) is 1. The molecule has 0 unspecified atom stereocenters. The Morgan fingerprint density at radius 1 is 1.26 bits per heavy atom. The minimum atomic E-state index is 0.125. The second kappa shape index (κ2) is 7.24. The molecule has 3 atom stereocenters. The van der Waals surface area contributed by atoms with Gasteiger partial charge in [0, 0.05) is 18.5 Å². The number of hydrogen-bond acceptors (Lipinski definition) is 4. The molecule has 3 rings (SSSR count). The van der Waals surface area contributed by atoms with Crippen molar-refractivity contribution in [3.63, 3.8) is 0 Å². The van der Waals surface area contributed by atoms with Crippen LogP contribution in [0, 0.1) is 11.8 Å². The third kappa shape index (κ3) is 3.90. The Morgan fingerprint density at radius 3 is 2.74 bits per heavy atom. The molecule has 6 heteroatoms. The number of rotatable bonds is 6. The van der Waals surface area contributed by atoms with Crippen molar-refractivity contribution in [2.24, 2.45) is 11.8 Å². The molecular formula is C17H28N4OS. The van der Waals surface area contributed by atoms with E-state index in [1.807, 2.05) is 0 Å². The lowest BCUT2D eigenvalue weighted by Gasteiger charge is -2.34. The van der Waals surface area contributed by atoms with Crippen LogP contribution in [0.1, 0.15) is 64.6 Å². The highest BCUT2D eigenvalue weighted by atomic mass is 32.2. The van der Waals surface area contributed by atoms with Gasteiger partial charge in [-0.15, -0.1) is 10.2 Å². The topological polar surface area (TPSA) is 59.8 Å². The van der Waals surface area contributed by atoms with Crippen LogP contribution in [0.3, 0.4) is 0 Å². The summed E-state index contributed by atoms with van der Waals surface area (Å²) in [6.07, 6.45) is 6.06. The first kappa shape index (κ1) is 16.8. The van der Waals surface area contributed by atoms with Gasteiger partial charge in [-0.25, -0.2) is 0 Å². The summed E-state index contributed by atoms with van der Waals surface area (Å²) in [4.78, 5) is 12.3. The molecule has 1 aromatic rings. The van der Waals surface area contributed by atoms with E-state index in [1.54, 1.807) is 0 Å². The van der Waals surface area contributed by atoms with Gasteiger partial charge >= 0.3 is 0 Å². The molecule has 0 saturated heterocycles. The van der Waals surface area contributed by atoms with Gasteiger partial charge in [0.2, 0.25) is 5.91 Å². The third-order valence-electron chi connectivity index (χ3n) is 5.39. The van der Waals surface area contributed by atoms with Crippen molar-refractivity contribution in [3.8, 4) is 0 Å². The van der Waals surface area contributed by atoms with Crippen LogP contribution >= 0.6 is 11.8 Å². The lowest BCUT2D eigenvalue weighted by atomic mass is 9.78. The van der Waals surface area contributed by atoms with E-state index in [9.17, 15) is 4.79 Å². The van der Waals surface area contributed by atoms with Crippen molar-refractivity contribution in [1.82, 2.24) is 20.1 Å². The number of amides is 1. The van der Waals surface area contributed by atoms with Gasteiger partial charge in [0.15, 0.2) is 5.16 Å². The smallest absolute Gasteiger partial charge is 0.230 e. The van der Waals surface area contributed by atoms with E-state index in [0.29, 0.717) is 29.5 Å². The van der Waals surface area contributed by atoms with Crippen LogP contribution in [0.15, 0.2) is 5.16 Å². The van der Waals surface area contributed by atoms with Gasteiger partial charge in [-0.3, -0.25) is 4.79 Å². The first-order valence-electron chi connectivity index (χ1n) is 8.95. The van der Waals surface area contributed by atoms with Crippen molar-refractivity contribution in [2.75, 3.05) is 5.75 Å². The van der Waals surface area contributed by atoms with E-state index in [0.717, 1.165) is 23.9 Å². The molecule has 2 fully saturated rings. The van der Waals surface area contributed by atoms with Crippen LogP contribution in [-0.2, 0) is 11.3 Å². The first-order chi connectivity index (χ1) is 11.1. The summed E-state index contributed by atoms with van der Waals surface area (Å²) < 4.78 is 2.17. The van der Waals surface area contributed by atoms with Crippen LogP contribution in [-0.4, -0.2) is 32.5 Å². The van der Waals surface area contributed by atoms with Gasteiger partial charge in [0.1, 0.15) is 5.82 Å². The Bertz CT molecular complexity index is 555. The van der Waals surface area contributed by atoms with E-state index in [2.05, 4.69) is 40.9 Å². The van der Waals surface area contributed by atoms with Crippen LogP contribution < -0.4 is 5.32 Å². The maximum absolute atomic E-state index is 12.3. The monoisotopic (exact) mass is 336 g/mol. The van der Waals surface area contributed by atoms with Gasteiger partial charge in [-0.05, 0) is 38.0 Å². The number of nitrogens with zero attached hydrogens (tertiary/aromatic N) is 3. The molecule has 1 amide bonds. The molecule has 0 aromatic carbocycles. The Balaban J connectivity index is 1.53. The predicted molar refractivity (Wildman–Crippen MR) is 92.5 cm³/mol. The maximum atomic E-state index is 12.3. The Labute approximate surface area is 143 Å². The number of carbonyl (C=O) groups excluding carboxylic acids is 1. The normalized spacial score (nSPS) is 27.9. The number of aromatic nitrogens is 3. The van der Waals surface area contributed by atoms with E-state index < -0.39 is 0 Å². The SMILES string of the molecule is CCn1c(SCC(=O)N[C@H]2CCC[C@@H](C)[C@@H]2C)nnc1C1CC1. The van der Waals surface area contributed by atoms with Crippen LogP contribution in [0.5, 0.6) is 0 Å². The maximum Gasteiger partial charge on any atom is 0.230 e. The van der Waals surface area contributed by atoms with Gasteiger partial charge in [0.05, 0.1) is 5.75 Å². The van der Waals surface area contributed by atoms with Crippen molar-refractivity contribution in [3.05, 3.63) is 5.82 Å². The van der Waals surface area contributed by atoms with Crippen molar-refractivity contribution in [2.45, 2.75) is 76.5 Å². The molecule has 0 radical (unpaired) electrons. The Kier molecular flexibility index (Phi) is 5.29. The standard InChI is InChI=1S/C17H28N4OS/c1-4-21-16(13-8-9-13)19-20-17(21)23-10-15(22)18-14-7-5-6-11(2)12(14)3/h11-14H,4-10H2,1-3H3,(H,18,22)/t11-,12+,14+/m1/s1. The summed E-state index contributed by atoms with van der Waals surface area (Å²) >= 11 is 1.51. The summed E-state index contributed by atoms with van der Waals surface area (Å²) in [6, 6.07) is 0.331. The molecule has 128 valence electrons. The summed E-state index contributed by atoms with van der Waals surface area (Å²) in [6.45, 7) is 7.54. The average molecular weight is 337 g/mol. The second-order valence-electron chi connectivity index (χ2n) is 7.09. The molecule has 2 aliphatic carbocycles. The van der Waals surface area contributed by atoms with E-state index in [1.165, 1.54) is 37.4 Å². The number of carbonyl (C=O) groups is 1. The molecule has 0 aliphatic heterocycles. The average Bonchev–Trinajstić information content (AvgIpc) is 3.30. The molecule has 5 nitrogen and oxygen atoms in total. The summed E-state index contributed by atoms with van der Waals surface area (Å²) in [5, 5.41) is 12.7. The first-order valence-corrected chi connectivity index (χ1v) is 9.94. The molecule has 2 aliphatic rings. The molecule has 1 aromatic heterocycles. The summed E-state index contributed by atoms with van der Waals surface area (Å²) in [7, 11) is 0. The van der Waals surface area contributed by atoms with Crippen molar-refractivity contribution < 1.29 is 4.79 Å². The van der Waals surface area contributed by atoms with Gasteiger partial charge in [0.25, 0.3) is 0 Å². The molecular weight excluding hydrogens is 308 g/mol. The molecule has 23 heavy (non-hydrogen) atoms. The van der Waals surface area contributed by atoms with Crippen LogP contribution in [0.25, 0.3) is 0 Å². The molecule has 2 saturated carbocycles. The van der Waals surface area contributed by atoms with Crippen LogP contribution in [0.4, 0.5) is 0 Å². The second-order valence-corrected chi connectivity index (χ2v) is 8.03. The Morgan fingerprint density at radius 2 is 2.04 bits per heavy atom. The van der Waals surface area contributed by atoms with Gasteiger partial charge < -0.3 is 9.88 Å². The molecule has 1 heterocycles. The lowest BCUT2D eigenvalue weighted by molar-refractivity contribution is -0.120. The fourth-order valence-electron chi connectivity index (χ4n) is 3.51. The van der Waals surface area contributed by atoms with E-state index in [-0.39, 0.29) is 5.91 Å². The molecule has 1 N–H and O–H groups in total. The lowest BCUT2D eigenvalue weighted by Crippen LogP contribution is -2.44. The highest BCUT2D eigenvalue weighted by Crippen LogP contribution is 2.40. The van der Waals surface area contributed by atoms with E-state index in [4.69, 9.17) is 0 Å². The highest BCUT2D eigenvalue weighted by Gasteiger charge is 2.30. The summed E-state index contributed by atoms with van der Waals surface area (Å²) in [5.74, 6) is 3.52. The zero-order valence-corrected chi connectivity index (χ0v) is 15.2. The quantitative estimate of drug-likeness (QED) is 0.810. The van der Waals surface area contributed by atoms with Crippen molar-refractivity contribution in [1.29, 1.82) is 0 Å². The van der Waals surface area contributed by atoms with Gasteiger partial charge in [-0.2, -0.15) is 0 Å². The molecule has 0 bridgehead atoms. The molecule has 0 spiro atoms. The largest absolute Gasteiger partial charge is 0.352 e. The number of hydrogen-bond donors (Lipinski definition) is 1. The predicted octanol–water partition coefficient (Wildman–Crippen LogP) is 3.21. The van der Waals surface area contributed by atoms with Crippen molar-refractivity contribution >= 4 is 17.7 Å². The highest BCUT2D eigenvalue weighted by molar-refractivity contribution is 7.99. The van der Waals surface area contributed by atoms with Gasteiger partial charge in [-0.1, -0.05) is 38.5 Å². The number of thioether (sulfide) groups is 1. The fraction of sp³-hybridized carbons (Fsp3) is 0.824. The third-order valence-corrected chi connectivity index (χ3v) is 6.36. The van der Waals surface area contributed by atoms with Crippen LogP contribution in [0.2, 0.25) is 0 Å². The van der Waals surface area contributed by atoms with E-state index >= 15 is 0 Å². The zero-order chi connectivity index (χ0) is 16.4. The Hall–Kier alpha value is -1.04. The minimum Gasteiger partial charge on any atom is -0.352 e. The fourth-order valence-corrected chi connectivity index (χ4v) is 4.33. The zero-order valence-electron chi connectivity index (χ0n) is 14.4. The minimum absolute atomic E-state index is 0.125.